The third kappa shape index (κ3) is 2.68. The molecule has 60 valence electrons. The lowest BCUT2D eigenvalue weighted by atomic mass is 10.00. The smallest absolute Gasteiger partial charge is 0.137 e. The molecule has 0 saturated heterocycles. The highest BCUT2D eigenvalue weighted by Gasteiger charge is 2.04. The summed E-state index contributed by atoms with van der Waals surface area (Å²) in [5.74, 6) is 0. The number of carbonyl (C=O) groups excluding carboxylic acids is 1. The average molecular weight is 151 g/mol. The minimum atomic E-state index is -0.312. The van der Waals surface area contributed by atoms with Crippen molar-refractivity contribution in [2.45, 2.75) is 25.3 Å². The number of nitrogens with two attached hydrogens (primary N) is 1. The first-order valence-electron chi connectivity index (χ1n) is 3.86. The average Bonchev–Trinajstić information content (AvgIpc) is 2.06. The fourth-order valence-electron chi connectivity index (χ4n) is 1.17. The monoisotopic (exact) mass is 151 g/mol. The lowest BCUT2D eigenvalue weighted by Crippen LogP contribution is -2.21. The summed E-state index contributed by atoms with van der Waals surface area (Å²) < 4.78 is 0. The zero-order valence-corrected chi connectivity index (χ0v) is 6.49. The molecule has 0 aromatic carbocycles. The Morgan fingerprint density at radius 3 is 3.00 bits per heavy atom. The van der Waals surface area contributed by atoms with Gasteiger partial charge >= 0.3 is 0 Å². The molecule has 1 unspecified atom stereocenters. The van der Waals surface area contributed by atoms with Crippen LogP contribution in [-0.2, 0) is 4.79 Å². The molecule has 2 heteroatoms. The third-order valence-corrected chi connectivity index (χ3v) is 1.76. The number of hydrogen-bond acceptors (Lipinski definition) is 2. The molecule has 0 aromatic heterocycles. The first-order valence-corrected chi connectivity index (χ1v) is 3.86. The van der Waals surface area contributed by atoms with Gasteiger partial charge in [-0.05, 0) is 19.3 Å². The second-order valence-electron chi connectivity index (χ2n) is 2.78. The maximum absolute atomic E-state index is 10.2. The maximum atomic E-state index is 10.2. The normalized spacial score (nSPS) is 19.2. The Morgan fingerprint density at radius 1 is 1.64 bits per heavy atom. The van der Waals surface area contributed by atoms with Crippen LogP contribution in [0.15, 0.2) is 23.8 Å². The predicted molar refractivity (Wildman–Crippen MR) is 45.1 cm³/mol. The Kier molecular flexibility index (Phi) is 3.05. The van der Waals surface area contributed by atoms with Crippen molar-refractivity contribution in [3.63, 3.8) is 0 Å². The number of aldehydes is 1. The Morgan fingerprint density at radius 2 is 2.45 bits per heavy atom. The van der Waals surface area contributed by atoms with Gasteiger partial charge in [-0.1, -0.05) is 23.8 Å². The Hall–Kier alpha value is -0.890. The molecule has 0 spiro atoms. The molecule has 1 aliphatic carbocycles. The van der Waals surface area contributed by atoms with Crippen LogP contribution < -0.4 is 5.73 Å². The van der Waals surface area contributed by atoms with E-state index in [1.54, 1.807) is 0 Å². The zero-order chi connectivity index (χ0) is 8.10. The van der Waals surface area contributed by atoms with Gasteiger partial charge in [0.1, 0.15) is 6.29 Å². The van der Waals surface area contributed by atoms with E-state index in [0.717, 1.165) is 19.1 Å². The van der Waals surface area contributed by atoms with E-state index >= 15 is 0 Å². The molecule has 0 saturated carbocycles. The van der Waals surface area contributed by atoms with E-state index in [9.17, 15) is 4.79 Å². The van der Waals surface area contributed by atoms with Crippen molar-refractivity contribution in [3.05, 3.63) is 23.8 Å². The summed E-state index contributed by atoms with van der Waals surface area (Å²) in [5.41, 5.74) is 6.76. The van der Waals surface area contributed by atoms with E-state index in [1.807, 2.05) is 0 Å². The van der Waals surface area contributed by atoms with Gasteiger partial charge in [-0.25, -0.2) is 0 Å². The first kappa shape index (κ1) is 8.21. The lowest BCUT2D eigenvalue weighted by molar-refractivity contribution is -0.108. The zero-order valence-electron chi connectivity index (χ0n) is 6.49. The topological polar surface area (TPSA) is 43.1 Å². The van der Waals surface area contributed by atoms with Crippen molar-refractivity contribution in [2.24, 2.45) is 5.73 Å². The summed E-state index contributed by atoms with van der Waals surface area (Å²) in [4.78, 5) is 10.2. The summed E-state index contributed by atoms with van der Waals surface area (Å²) in [6, 6.07) is -0.312. The lowest BCUT2D eigenvalue weighted by Gasteiger charge is -2.09. The highest BCUT2D eigenvalue weighted by atomic mass is 16.1. The van der Waals surface area contributed by atoms with E-state index in [1.165, 1.54) is 5.57 Å². The molecule has 1 atom stereocenters. The van der Waals surface area contributed by atoms with E-state index in [2.05, 4.69) is 18.2 Å². The van der Waals surface area contributed by atoms with Crippen LogP contribution in [0.25, 0.3) is 0 Å². The minimum Gasteiger partial charge on any atom is -0.321 e. The summed E-state index contributed by atoms with van der Waals surface area (Å²) >= 11 is 0. The molecule has 2 N–H and O–H groups in total. The molecular formula is C9H13NO. The van der Waals surface area contributed by atoms with Crippen LogP contribution >= 0.6 is 0 Å². The van der Waals surface area contributed by atoms with Crippen LogP contribution in [0.4, 0.5) is 0 Å². The van der Waals surface area contributed by atoms with E-state index < -0.39 is 0 Å². The molecule has 0 aliphatic heterocycles. The maximum Gasteiger partial charge on any atom is 0.137 e. The minimum absolute atomic E-state index is 0.312. The Balaban J connectivity index is 2.36. The van der Waals surface area contributed by atoms with Crippen molar-refractivity contribution < 1.29 is 4.79 Å². The molecule has 1 aliphatic rings. The molecule has 0 amide bonds. The second kappa shape index (κ2) is 4.09. The molecule has 0 bridgehead atoms. The van der Waals surface area contributed by atoms with Gasteiger partial charge in [0.25, 0.3) is 0 Å². The van der Waals surface area contributed by atoms with Crippen LogP contribution in [0.1, 0.15) is 19.3 Å². The summed E-state index contributed by atoms with van der Waals surface area (Å²) in [6.45, 7) is 0. The van der Waals surface area contributed by atoms with Gasteiger partial charge in [0.05, 0.1) is 6.04 Å². The highest BCUT2D eigenvalue weighted by Crippen LogP contribution is 2.14. The van der Waals surface area contributed by atoms with Gasteiger partial charge in [0, 0.05) is 0 Å². The van der Waals surface area contributed by atoms with Gasteiger partial charge in [0.2, 0.25) is 0 Å². The number of rotatable bonds is 3. The van der Waals surface area contributed by atoms with E-state index in [-0.39, 0.29) is 6.04 Å². The Labute approximate surface area is 66.8 Å². The van der Waals surface area contributed by atoms with Crippen LogP contribution in [0.5, 0.6) is 0 Å². The largest absolute Gasteiger partial charge is 0.321 e. The molecule has 0 radical (unpaired) electrons. The predicted octanol–water partition coefficient (Wildman–Crippen LogP) is 1.18. The van der Waals surface area contributed by atoms with Gasteiger partial charge in [-0.3, -0.25) is 0 Å². The number of allylic oxidation sites excluding steroid dienone is 3. The SMILES string of the molecule is NC(C=O)CC1=CCC=CC1. The molecular weight excluding hydrogens is 138 g/mol. The molecule has 0 aromatic rings. The van der Waals surface area contributed by atoms with Crippen molar-refractivity contribution in [1.29, 1.82) is 0 Å². The molecule has 11 heavy (non-hydrogen) atoms. The molecule has 1 rings (SSSR count). The van der Waals surface area contributed by atoms with Crippen molar-refractivity contribution in [2.75, 3.05) is 0 Å². The standard InChI is InChI=1S/C9H13NO/c10-9(7-11)6-8-4-2-1-3-5-8/h1-2,5,7,9H,3-4,6,10H2. The van der Waals surface area contributed by atoms with Crippen LogP contribution in [0.3, 0.4) is 0 Å². The quantitative estimate of drug-likeness (QED) is 0.486. The fraction of sp³-hybridized carbons (Fsp3) is 0.444. The van der Waals surface area contributed by atoms with Crippen molar-refractivity contribution >= 4 is 6.29 Å². The highest BCUT2D eigenvalue weighted by molar-refractivity contribution is 5.57. The van der Waals surface area contributed by atoms with Crippen molar-refractivity contribution in [1.82, 2.24) is 0 Å². The number of hydrogen-bond donors (Lipinski definition) is 1. The Bertz CT molecular complexity index is 194. The summed E-state index contributed by atoms with van der Waals surface area (Å²) in [7, 11) is 0. The van der Waals surface area contributed by atoms with Gasteiger partial charge in [-0.15, -0.1) is 0 Å². The molecule has 0 fully saturated rings. The third-order valence-electron chi connectivity index (χ3n) is 1.76. The van der Waals surface area contributed by atoms with Gasteiger partial charge in [0.15, 0.2) is 0 Å². The van der Waals surface area contributed by atoms with Crippen molar-refractivity contribution in [3.8, 4) is 0 Å². The molecule has 2 nitrogen and oxygen atoms in total. The van der Waals surface area contributed by atoms with Gasteiger partial charge in [-0.2, -0.15) is 0 Å². The first-order chi connectivity index (χ1) is 5.33. The van der Waals surface area contributed by atoms with Crippen LogP contribution in [0, 0.1) is 0 Å². The summed E-state index contributed by atoms with van der Waals surface area (Å²) in [5, 5.41) is 0. The second-order valence-corrected chi connectivity index (χ2v) is 2.78. The van der Waals surface area contributed by atoms with Crippen LogP contribution in [0.2, 0.25) is 0 Å². The van der Waals surface area contributed by atoms with Crippen LogP contribution in [-0.4, -0.2) is 12.3 Å². The fourth-order valence-corrected chi connectivity index (χ4v) is 1.17. The van der Waals surface area contributed by atoms with E-state index in [4.69, 9.17) is 5.73 Å². The van der Waals surface area contributed by atoms with Gasteiger partial charge < -0.3 is 10.5 Å². The van der Waals surface area contributed by atoms with E-state index in [0.29, 0.717) is 6.42 Å². The molecule has 0 heterocycles. The number of carbonyl (C=O) groups is 1. The summed E-state index contributed by atoms with van der Waals surface area (Å²) in [6.07, 6.45) is 9.85.